The van der Waals surface area contributed by atoms with Crippen LogP contribution < -0.4 is 0 Å². The van der Waals surface area contributed by atoms with Crippen LogP contribution in [-0.2, 0) is 14.6 Å². The molecule has 1 atom stereocenters. The normalized spacial score (nSPS) is 28.1. The quantitative estimate of drug-likeness (QED) is 0.622. The van der Waals surface area contributed by atoms with E-state index in [-0.39, 0.29) is 18.0 Å². The number of hydrogen-bond acceptors (Lipinski definition) is 3. The fourth-order valence-corrected chi connectivity index (χ4v) is 2.16. The second kappa shape index (κ2) is 2.95. The molecule has 3 nitrogen and oxygen atoms in total. The van der Waals surface area contributed by atoms with Gasteiger partial charge in [-0.15, -0.1) is 0 Å². The van der Waals surface area contributed by atoms with Crippen molar-refractivity contribution in [1.29, 1.82) is 0 Å². The smallest absolute Gasteiger partial charge is 0.174 e. The van der Waals surface area contributed by atoms with E-state index in [1.165, 1.54) is 5.41 Å². The monoisotopic (exact) mass is 176 g/mol. The Morgan fingerprint density at radius 2 is 2.18 bits per heavy atom. The van der Waals surface area contributed by atoms with Gasteiger partial charge in [0.2, 0.25) is 0 Å². The SMILES string of the molecule is CC(C)OC1C=CS(=O)(=O)C1. The zero-order chi connectivity index (χ0) is 8.48. The van der Waals surface area contributed by atoms with Crippen LogP contribution in [0.15, 0.2) is 11.5 Å². The summed E-state index contributed by atoms with van der Waals surface area (Å²) in [6, 6.07) is 0. The average Bonchev–Trinajstić information content (AvgIpc) is 2.08. The maximum Gasteiger partial charge on any atom is 0.174 e. The molecule has 0 amide bonds. The summed E-state index contributed by atoms with van der Waals surface area (Å²) in [5.74, 6) is 0.102. The van der Waals surface area contributed by atoms with Crippen molar-refractivity contribution in [3.63, 3.8) is 0 Å². The van der Waals surface area contributed by atoms with Gasteiger partial charge in [0.05, 0.1) is 18.0 Å². The first-order valence-electron chi connectivity index (χ1n) is 3.56. The van der Waals surface area contributed by atoms with Crippen LogP contribution >= 0.6 is 0 Å². The van der Waals surface area contributed by atoms with Crippen LogP contribution in [0.4, 0.5) is 0 Å². The highest BCUT2D eigenvalue weighted by molar-refractivity contribution is 7.94. The summed E-state index contributed by atoms with van der Waals surface area (Å²) in [5, 5.41) is 1.22. The van der Waals surface area contributed by atoms with Crippen LogP contribution in [-0.4, -0.2) is 26.4 Å². The molecule has 1 heterocycles. The Bertz CT molecular complexity index is 251. The number of hydrogen-bond donors (Lipinski definition) is 0. The van der Waals surface area contributed by atoms with E-state index in [4.69, 9.17) is 4.74 Å². The van der Waals surface area contributed by atoms with Crippen molar-refractivity contribution in [2.24, 2.45) is 0 Å². The molecular weight excluding hydrogens is 164 g/mol. The molecule has 0 saturated carbocycles. The highest BCUT2D eigenvalue weighted by Crippen LogP contribution is 2.12. The molecule has 1 unspecified atom stereocenters. The lowest BCUT2D eigenvalue weighted by molar-refractivity contribution is 0.0492. The zero-order valence-corrected chi connectivity index (χ0v) is 7.47. The van der Waals surface area contributed by atoms with Gasteiger partial charge < -0.3 is 4.74 Å². The average molecular weight is 176 g/mol. The molecule has 0 fully saturated rings. The fourth-order valence-electron chi connectivity index (χ4n) is 0.982. The minimum Gasteiger partial charge on any atom is -0.370 e. The molecule has 0 aromatic heterocycles. The first-order valence-corrected chi connectivity index (χ1v) is 5.27. The van der Waals surface area contributed by atoms with Crippen LogP contribution in [0.1, 0.15) is 13.8 Å². The molecule has 1 aliphatic rings. The van der Waals surface area contributed by atoms with Gasteiger partial charge in [-0.05, 0) is 19.9 Å². The third-order valence-corrected chi connectivity index (χ3v) is 2.71. The van der Waals surface area contributed by atoms with Gasteiger partial charge in [-0.1, -0.05) is 0 Å². The zero-order valence-electron chi connectivity index (χ0n) is 6.65. The minimum absolute atomic E-state index is 0.0814. The van der Waals surface area contributed by atoms with Crippen molar-refractivity contribution in [2.75, 3.05) is 5.75 Å². The molecule has 64 valence electrons. The summed E-state index contributed by atoms with van der Waals surface area (Å²) in [7, 11) is -2.95. The third-order valence-electron chi connectivity index (χ3n) is 1.34. The van der Waals surface area contributed by atoms with E-state index in [2.05, 4.69) is 0 Å². The Morgan fingerprint density at radius 1 is 1.55 bits per heavy atom. The van der Waals surface area contributed by atoms with Crippen LogP contribution in [0.25, 0.3) is 0 Å². The van der Waals surface area contributed by atoms with E-state index in [1.807, 2.05) is 13.8 Å². The van der Waals surface area contributed by atoms with Gasteiger partial charge in [0, 0.05) is 5.41 Å². The second-order valence-corrected chi connectivity index (χ2v) is 4.81. The van der Waals surface area contributed by atoms with Gasteiger partial charge in [-0.3, -0.25) is 0 Å². The Labute approximate surface area is 67.0 Å². The Balaban J connectivity index is 2.51. The maximum atomic E-state index is 10.9. The standard InChI is InChI=1S/C7H12O3S/c1-6(2)10-7-3-4-11(8,9)5-7/h3-4,6-7H,5H2,1-2H3. The summed E-state index contributed by atoms with van der Waals surface area (Å²) in [6.45, 7) is 3.78. The van der Waals surface area contributed by atoms with Crippen molar-refractivity contribution in [2.45, 2.75) is 26.1 Å². The molecule has 4 heteroatoms. The van der Waals surface area contributed by atoms with Crippen LogP contribution in [0, 0.1) is 0 Å². The molecule has 0 N–H and O–H groups in total. The topological polar surface area (TPSA) is 43.4 Å². The Hall–Kier alpha value is -0.350. The van der Waals surface area contributed by atoms with Gasteiger partial charge in [0.1, 0.15) is 0 Å². The van der Waals surface area contributed by atoms with Crippen molar-refractivity contribution in [3.8, 4) is 0 Å². The van der Waals surface area contributed by atoms with Crippen LogP contribution in [0.5, 0.6) is 0 Å². The maximum absolute atomic E-state index is 10.9. The molecule has 0 aromatic rings. The second-order valence-electron chi connectivity index (χ2n) is 2.88. The fraction of sp³-hybridized carbons (Fsp3) is 0.714. The van der Waals surface area contributed by atoms with Crippen molar-refractivity contribution in [1.82, 2.24) is 0 Å². The van der Waals surface area contributed by atoms with E-state index in [9.17, 15) is 8.42 Å². The molecule has 0 spiro atoms. The lowest BCUT2D eigenvalue weighted by atomic mass is 10.4. The van der Waals surface area contributed by atoms with E-state index in [0.717, 1.165) is 0 Å². The predicted octanol–water partition coefficient (Wildman–Crippen LogP) is 0.722. The molecule has 1 rings (SSSR count). The van der Waals surface area contributed by atoms with Gasteiger partial charge in [0.25, 0.3) is 0 Å². The third kappa shape index (κ3) is 2.63. The van der Waals surface area contributed by atoms with E-state index < -0.39 is 9.84 Å². The van der Waals surface area contributed by atoms with Crippen molar-refractivity contribution < 1.29 is 13.2 Å². The first-order chi connectivity index (χ1) is 4.99. The van der Waals surface area contributed by atoms with Gasteiger partial charge >= 0.3 is 0 Å². The highest BCUT2D eigenvalue weighted by Gasteiger charge is 2.22. The van der Waals surface area contributed by atoms with Crippen LogP contribution in [0.3, 0.4) is 0 Å². The lowest BCUT2D eigenvalue weighted by Gasteiger charge is -2.11. The largest absolute Gasteiger partial charge is 0.370 e. The summed E-state index contributed by atoms with van der Waals surface area (Å²) in [6.07, 6.45) is 1.44. The van der Waals surface area contributed by atoms with Gasteiger partial charge in [-0.2, -0.15) is 0 Å². The molecular formula is C7H12O3S. The highest BCUT2D eigenvalue weighted by atomic mass is 32.2. The molecule has 11 heavy (non-hydrogen) atoms. The van der Waals surface area contributed by atoms with Crippen LogP contribution in [0.2, 0.25) is 0 Å². The Kier molecular flexibility index (Phi) is 2.34. The lowest BCUT2D eigenvalue weighted by Crippen LogP contribution is -2.19. The minimum atomic E-state index is -2.95. The molecule has 1 aliphatic heterocycles. The molecule has 0 saturated heterocycles. The summed E-state index contributed by atoms with van der Waals surface area (Å²) in [5.41, 5.74) is 0. The van der Waals surface area contributed by atoms with Gasteiger partial charge in [-0.25, -0.2) is 8.42 Å². The van der Waals surface area contributed by atoms with E-state index >= 15 is 0 Å². The van der Waals surface area contributed by atoms with Crippen molar-refractivity contribution >= 4 is 9.84 Å². The molecule has 0 aliphatic carbocycles. The molecule has 0 radical (unpaired) electrons. The Morgan fingerprint density at radius 3 is 2.55 bits per heavy atom. The predicted molar refractivity (Wildman–Crippen MR) is 42.9 cm³/mol. The van der Waals surface area contributed by atoms with E-state index in [1.54, 1.807) is 6.08 Å². The number of rotatable bonds is 2. The summed E-state index contributed by atoms with van der Waals surface area (Å²) in [4.78, 5) is 0. The summed E-state index contributed by atoms with van der Waals surface area (Å²) < 4.78 is 27.0. The first kappa shape index (κ1) is 8.74. The molecule has 0 bridgehead atoms. The van der Waals surface area contributed by atoms with Crippen molar-refractivity contribution in [3.05, 3.63) is 11.5 Å². The number of ether oxygens (including phenoxy) is 1. The summed E-state index contributed by atoms with van der Waals surface area (Å²) >= 11 is 0. The van der Waals surface area contributed by atoms with E-state index in [0.29, 0.717) is 0 Å². The van der Waals surface area contributed by atoms with Gasteiger partial charge in [0.15, 0.2) is 9.84 Å². The molecule has 0 aromatic carbocycles. The number of sulfone groups is 1.